The molecule has 0 radical (unpaired) electrons. The van der Waals surface area contributed by atoms with Gasteiger partial charge in [0, 0.05) is 11.1 Å². The smallest absolute Gasteiger partial charge is 0.168 e. The first-order valence-electron chi connectivity index (χ1n) is 4.15. The Hall–Kier alpha value is -0.740. The fraction of sp³-hybridized carbons (Fsp3) is 0.222. The van der Waals surface area contributed by atoms with E-state index < -0.39 is 0 Å². The molecular formula is C9H8N2S2. The largest absolute Gasteiger partial charge is 0.325 e. The van der Waals surface area contributed by atoms with E-state index in [4.69, 9.17) is 0 Å². The molecule has 0 spiro atoms. The summed E-state index contributed by atoms with van der Waals surface area (Å²) in [6.07, 6.45) is 2.11. The van der Waals surface area contributed by atoms with Crippen molar-refractivity contribution in [2.45, 2.75) is 6.04 Å². The molecule has 0 saturated carbocycles. The Labute approximate surface area is 85.0 Å². The lowest BCUT2D eigenvalue weighted by molar-refractivity contribution is 0.562. The molecule has 0 saturated heterocycles. The van der Waals surface area contributed by atoms with Crippen molar-refractivity contribution in [2.75, 3.05) is 6.54 Å². The Balaban J connectivity index is 1.88. The minimum absolute atomic E-state index is 0.368. The average Bonchev–Trinajstić information content (AvgIpc) is 2.78. The SMILES string of the molecule is C1=CN2C[C@@H](c3cccs3)N=C2S1. The summed E-state index contributed by atoms with van der Waals surface area (Å²) < 4.78 is 0. The number of thiophene rings is 1. The molecule has 4 heteroatoms. The van der Waals surface area contributed by atoms with Gasteiger partial charge in [-0.3, -0.25) is 4.99 Å². The van der Waals surface area contributed by atoms with Crippen LogP contribution < -0.4 is 0 Å². The van der Waals surface area contributed by atoms with Crippen LogP contribution in [0.3, 0.4) is 0 Å². The van der Waals surface area contributed by atoms with Gasteiger partial charge in [-0.25, -0.2) is 0 Å². The summed E-state index contributed by atoms with van der Waals surface area (Å²) in [6, 6.07) is 4.62. The second kappa shape index (κ2) is 2.89. The van der Waals surface area contributed by atoms with E-state index in [1.807, 2.05) is 0 Å². The van der Waals surface area contributed by atoms with E-state index in [9.17, 15) is 0 Å². The van der Waals surface area contributed by atoms with E-state index in [2.05, 4.69) is 39.0 Å². The van der Waals surface area contributed by atoms with Gasteiger partial charge in [0.05, 0.1) is 6.54 Å². The molecule has 13 heavy (non-hydrogen) atoms. The van der Waals surface area contributed by atoms with Crippen molar-refractivity contribution in [3.05, 3.63) is 34.0 Å². The third-order valence-electron chi connectivity index (χ3n) is 2.17. The van der Waals surface area contributed by atoms with Crippen molar-refractivity contribution < 1.29 is 0 Å². The summed E-state index contributed by atoms with van der Waals surface area (Å²) in [7, 11) is 0. The highest BCUT2D eigenvalue weighted by molar-refractivity contribution is 8.16. The second-order valence-corrected chi connectivity index (χ2v) is 4.85. The zero-order valence-electron chi connectivity index (χ0n) is 6.88. The van der Waals surface area contributed by atoms with Crippen molar-refractivity contribution >= 4 is 28.3 Å². The predicted octanol–water partition coefficient (Wildman–Crippen LogP) is 2.68. The highest BCUT2D eigenvalue weighted by atomic mass is 32.2. The maximum absolute atomic E-state index is 4.65. The highest BCUT2D eigenvalue weighted by Crippen LogP contribution is 2.34. The first-order chi connectivity index (χ1) is 6.43. The Morgan fingerprint density at radius 3 is 3.31 bits per heavy atom. The summed E-state index contributed by atoms with van der Waals surface area (Å²) in [5.74, 6) is 0. The first-order valence-corrected chi connectivity index (χ1v) is 5.90. The first kappa shape index (κ1) is 7.64. The van der Waals surface area contributed by atoms with Gasteiger partial charge in [0.2, 0.25) is 0 Å². The number of thioether (sulfide) groups is 1. The number of fused-ring (bicyclic) bond motifs is 1. The molecule has 0 fully saturated rings. The van der Waals surface area contributed by atoms with Crippen LogP contribution in [0.5, 0.6) is 0 Å². The van der Waals surface area contributed by atoms with Crippen molar-refractivity contribution in [3.63, 3.8) is 0 Å². The summed E-state index contributed by atoms with van der Waals surface area (Å²) in [5, 5.41) is 5.35. The van der Waals surface area contributed by atoms with Crippen molar-refractivity contribution in [1.82, 2.24) is 4.90 Å². The van der Waals surface area contributed by atoms with Crippen LogP contribution in [0.1, 0.15) is 10.9 Å². The summed E-state index contributed by atoms with van der Waals surface area (Å²) in [4.78, 5) is 8.23. The van der Waals surface area contributed by atoms with Gasteiger partial charge in [-0.1, -0.05) is 17.8 Å². The molecule has 0 bridgehead atoms. The molecule has 2 aliphatic heterocycles. The van der Waals surface area contributed by atoms with Crippen LogP contribution in [-0.2, 0) is 0 Å². The number of rotatable bonds is 1. The third-order valence-corrected chi connectivity index (χ3v) is 3.95. The average molecular weight is 208 g/mol. The molecule has 0 amide bonds. The van der Waals surface area contributed by atoms with E-state index in [1.165, 1.54) is 4.88 Å². The Kier molecular flexibility index (Phi) is 1.70. The Morgan fingerprint density at radius 1 is 1.54 bits per heavy atom. The molecule has 66 valence electrons. The summed E-state index contributed by atoms with van der Waals surface area (Å²) >= 11 is 3.51. The Bertz CT molecular complexity index is 367. The van der Waals surface area contributed by atoms with E-state index in [0.717, 1.165) is 11.7 Å². The van der Waals surface area contributed by atoms with Gasteiger partial charge in [0.15, 0.2) is 5.17 Å². The molecule has 0 N–H and O–H groups in total. The van der Waals surface area contributed by atoms with Crippen LogP contribution in [0.4, 0.5) is 0 Å². The minimum Gasteiger partial charge on any atom is -0.325 e. The molecule has 1 aromatic rings. The van der Waals surface area contributed by atoms with Crippen LogP contribution in [0.2, 0.25) is 0 Å². The lowest BCUT2D eigenvalue weighted by Gasteiger charge is -2.08. The van der Waals surface area contributed by atoms with E-state index in [0.29, 0.717) is 6.04 Å². The molecule has 3 rings (SSSR count). The molecule has 0 unspecified atom stereocenters. The predicted molar refractivity (Wildman–Crippen MR) is 57.9 cm³/mol. The van der Waals surface area contributed by atoms with E-state index in [-0.39, 0.29) is 0 Å². The molecule has 3 heterocycles. The van der Waals surface area contributed by atoms with Gasteiger partial charge in [-0.2, -0.15) is 0 Å². The standard InChI is InChI=1S/C9H8N2S2/c1-2-8(12-4-1)7-6-11-3-5-13-9(11)10-7/h1-5,7H,6H2/t7-/m0/s1. The van der Waals surface area contributed by atoms with Crippen molar-refractivity contribution in [1.29, 1.82) is 0 Å². The van der Waals surface area contributed by atoms with Crippen LogP contribution in [0, 0.1) is 0 Å². The van der Waals surface area contributed by atoms with Crippen LogP contribution in [-0.4, -0.2) is 16.6 Å². The van der Waals surface area contributed by atoms with Crippen LogP contribution >= 0.6 is 23.1 Å². The maximum atomic E-state index is 4.65. The molecule has 2 nitrogen and oxygen atoms in total. The Morgan fingerprint density at radius 2 is 2.54 bits per heavy atom. The number of aliphatic imine (C=N–C) groups is 1. The van der Waals surface area contributed by atoms with Gasteiger partial charge in [0.1, 0.15) is 6.04 Å². The molecular weight excluding hydrogens is 200 g/mol. The minimum atomic E-state index is 0.368. The van der Waals surface area contributed by atoms with Crippen LogP contribution in [0.25, 0.3) is 0 Å². The van der Waals surface area contributed by atoms with Crippen LogP contribution in [0.15, 0.2) is 34.1 Å². The lowest BCUT2D eigenvalue weighted by atomic mass is 10.2. The number of hydrogen-bond donors (Lipinski definition) is 0. The molecule has 0 aromatic carbocycles. The topological polar surface area (TPSA) is 15.6 Å². The van der Waals surface area contributed by atoms with Crippen molar-refractivity contribution in [3.8, 4) is 0 Å². The van der Waals surface area contributed by atoms with E-state index in [1.54, 1.807) is 23.1 Å². The number of nitrogens with zero attached hydrogens (tertiary/aromatic N) is 2. The summed E-state index contributed by atoms with van der Waals surface area (Å²) in [5.41, 5.74) is 0. The van der Waals surface area contributed by atoms with Gasteiger partial charge in [-0.05, 0) is 16.9 Å². The summed E-state index contributed by atoms with van der Waals surface area (Å²) in [6.45, 7) is 1.01. The van der Waals surface area contributed by atoms with Gasteiger partial charge < -0.3 is 4.90 Å². The number of hydrogen-bond acceptors (Lipinski definition) is 4. The fourth-order valence-electron chi connectivity index (χ4n) is 1.53. The van der Waals surface area contributed by atoms with Crippen molar-refractivity contribution in [2.24, 2.45) is 4.99 Å². The second-order valence-electron chi connectivity index (χ2n) is 3.00. The molecule has 0 aliphatic carbocycles. The van der Waals surface area contributed by atoms with Gasteiger partial charge in [0.25, 0.3) is 0 Å². The highest BCUT2D eigenvalue weighted by Gasteiger charge is 2.27. The zero-order chi connectivity index (χ0) is 8.67. The number of amidine groups is 1. The quantitative estimate of drug-likeness (QED) is 0.705. The maximum Gasteiger partial charge on any atom is 0.168 e. The van der Waals surface area contributed by atoms with Gasteiger partial charge in [-0.15, -0.1) is 11.3 Å². The fourth-order valence-corrected chi connectivity index (χ4v) is 3.08. The molecule has 1 atom stereocenters. The third kappa shape index (κ3) is 1.21. The van der Waals surface area contributed by atoms with E-state index >= 15 is 0 Å². The van der Waals surface area contributed by atoms with Gasteiger partial charge >= 0.3 is 0 Å². The molecule has 1 aromatic heterocycles. The monoisotopic (exact) mass is 208 g/mol. The lowest BCUT2D eigenvalue weighted by Crippen LogP contribution is -2.15. The zero-order valence-corrected chi connectivity index (χ0v) is 8.52. The molecule has 2 aliphatic rings. The normalized spacial score (nSPS) is 25.1.